The van der Waals surface area contributed by atoms with Crippen LogP contribution in [0.15, 0.2) is 42.7 Å². The lowest BCUT2D eigenvalue weighted by Crippen LogP contribution is -2.63. The molecule has 2 aliphatic carbocycles. The van der Waals surface area contributed by atoms with Gasteiger partial charge >= 0.3 is 0 Å². The Bertz CT molecular complexity index is 685. The van der Waals surface area contributed by atoms with Gasteiger partial charge in [0.1, 0.15) is 5.54 Å². The highest BCUT2D eigenvalue weighted by molar-refractivity contribution is 6.01. The standard InChI is InChI=1S/C22H28N2O2/c25-20(18-10-4-1-5-11-18)24-17-16-23(19-12-6-2-7-13-19)21(26)22(24)14-8-3-9-15-22/h1,4-5,10-11,16-17,19H,2-3,6-9,12-15H2. The van der Waals surface area contributed by atoms with Crippen molar-refractivity contribution in [2.24, 2.45) is 0 Å². The highest BCUT2D eigenvalue weighted by atomic mass is 16.2. The summed E-state index contributed by atoms with van der Waals surface area (Å²) in [5.41, 5.74) is -0.0294. The third kappa shape index (κ3) is 2.95. The Kier molecular flexibility index (Phi) is 4.84. The van der Waals surface area contributed by atoms with Crippen molar-refractivity contribution in [3.05, 3.63) is 48.3 Å². The van der Waals surface area contributed by atoms with E-state index in [0.29, 0.717) is 11.6 Å². The molecule has 2 amide bonds. The lowest BCUT2D eigenvalue weighted by molar-refractivity contribution is -0.145. The quantitative estimate of drug-likeness (QED) is 0.787. The van der Waals surface area contributed by atoms with E-state index in [1.165, 1.54) is 19.3 Å². The lowest BCUT2D eigenvalue weighted by atomic mass is 9.77. The van der Waals surface area contributed by atoms with Crippen LogP contribution in [-0.2, 0) is 4.79 Å². The molecule has 1 aromatic rings. The predicted octanol–water partition coefficient (Wildman–Crippen LogP) is 4.48. The average Bonchev–Trinajstić information content (AvgIpc) is 2.72. The Morgan fingerprint density at radius 1 is 0.885 bits per heavy atom. The van der Waals surface area contributed by atoms with E-state index in [1.54, 1.807) is 4.90 Å². The van der Waals surface area contributed by atoms with Gasteiger partial charge in [-0.15, -0.1) is 0 Å². The summed E-state index contributed by atoms with van der Waals surface area (Å²) in [6.07, 6.45) is 14.3. The third-order valence-electron chi connectivity index (χ3n) is 6.36. The summed E-state index contributed by atoms with van der Waals surface area (Å²) in [7, 11) is 0. The topological polar surface area (TPSA) is 40.6 Å². The van der Waals surface area contributed by atoms with Crippen molar-refractivity contribution in [1.29, 1.82) is 0 Å². The second kappa shape index (κ2) is 7.26. The second-order valence-corrected chi connectivity index (χ2v) is 7.94. The number of hydrogen-bond donors (Lipinski definition) is 0. The van der Waals surface area contributed by atoms with Gasteiger partial charge in [-0.3, -0.25) is 14.5 Å². The van der Waals surface area contributed by atoms with Crippen LogP contribution >= 0.6 is 0 Å². The van der Waals surface area contributed by atoms with Crippen molar-refractivity contribution in [2.75, 3.05) is 0 Å². The van der Waals surface area contributed by atoms with Crippen LogP contribution in [0.2, 0.25) is 0 Å². The summed E-state index contributed by atoms with van der Waals surface area (Å²) >= 11 is 0. The molecule has 4 heteroatoms. The molecular formula is C22H28N2O2. The first kappa shape index (κ1) is 17.3. The van der Waals surface area contributed by atoms with Gasteiger partial charge in [-0.05, 0) is 37.8 Å². The van der Waals surface area contributed by atoms with E-state index in [4.69, 9.17) is 0 Å². The van der Waals surface area contributed by atoms with Gasteiger partial charge in [-0.2, -0.15) is 0 Å². The zero-order valence-corrected chi connectivity index (χ0v) is 15.4. The summed E-state index contributed by atoms with van der Waals surface area (Å²) in [5.74, 6) is 0.0938. The Morgan fingerprint density at radius 2 is 1.54 bits per heavy atom. The summed E-state index contributed by atoms with van der Waals surface area (Å²) in [4.78, 5) is 30.6. The molecule has 0 unspecified atom stereocenters. The molecule has 26 heavy (non-hydrogen) atoms. The Morgan fingerprint density at radius 3 is 2.23 bits per heavy atom. The van der Waals surface area contributed by atoms with Crippen molar-refractivity contribution in [2.45, 2.75) is 75.8 Å². The maximum Gasteiger partial charge on any atom is 0.258 e. The van der Waals surface area contributed by atoms with Gasteiger partial charge < -0.3 is 4.90 Å². The molecule has 1 heterocycles. The first-order chi connectivity index (χ1) is 12.7. The molecular weight excluding hydrogens is 324 g/mol. The molecule has 4 nitrogen and oxygen atoms in total. The molecule has 0 N–H and O–H groups in total. The number of benzene rings is 1. The van der Waals surface area contributed by atoms with E-state index in [2.05, 4.69) is 0 Å². The van der Waals surface area contributed by atoms with Crippen LogP contribution in [-0.4, -0.2) is 33.2 Å². The SMILES string of the molecule is O=C(c1ccccc1)N1C=CN(C2CCCCC2)C(=O)C12CCCCC2. The molecule has 1 aromatic carbocycles. The zero-order chi connectivity index (χ0) is 18.0. The van der Waals surface area contributed by atoms with Crippen LogP contribution in [0, 0.1) is 0 Å². The van der Waals surface area contributed by atoms with Crippen molar-refractivity contribution in [3.8, 4) is 0 Å². The molecule has 2 fully saturated rings. The number of rotatable bonds is 2. The van der Waals surface area contributed by atoms with Gasteiger partial charge in [0.25, 0.3) is 11.8 Å². The normalized spacial score (nSPS) is 23.5. The zero-order valence-electron chi connectivity index (χ0n) is 15.4. The summed E-state index contributed by atoms with van der Waals surface area (Å²) in [5, 5.41) is 0. The van der Waals surface area contributed by atoms with Gasteiger partial charge in [0.05, 0.1) is 0 Å². The highest BCUT2D eigenvalue weighted by Gasteiger charge is 2.51. The third-order valence-corrected chi connectivity index (χ3v) is 6.36. The minimum atomic E-state index is -0.683. The van der Waals surface area contributed by atoms with E-state index in [-0.39, 0.29) is 11.8 Å². The molecule has 0 atom stereocenters. The van der Waals surface area contributed by atoms with Crippen LogP contribution in [0.4, 0.5) is 0 Å². The second-order valence-electron chi connectivity index (χ2n) is 7.94. The maximum atomic E-state index is 13.6. The Labute approximate surface area is 155 Å². The molecule has 1 spiro atoms. The minimum absolute atomic E-state index is 0.0552. The summed E-state index contributed by atoms with van der Waals surface area (Å²) in [6.45, 7) is 0. The van der Waals surface area contributed by atoms with E-state index < -0.39 is 5.54 Å². The largest absolute Gasteiger partial charge is 0.313 e. The molecule has 4 rings (SSSR count). The number of carbonyl (C=O) groups excluding carboxylic acids is 2. The first-order valence-corrected chi connectivity index (χ1v) is 10.1. The molecule has 138 valence electrons. The number of nitrogens with zero attached hydrogens (tertiary/aromatic N) is 2. The van der Waals surface area contributed by atoms with Crippen molar-refractivity contribution >= 4 is 11.8 Å². The smallest absolute Gasteiger partial charge is 0.258 e. The fourth-order valence-corrected chi connectivity index (χ4v) is 4.91. The van der Waals surface area contributed by atoms with Crippen molar-refractivity contribution < 1.29 is 9.59 Å². The summed E-state index contributed by atoms with van der Waals surface area (Å²) < 4.78 is 0. The van der Waals surface area contributed by atoms with Gasteiger partial charge in [0, 0.05) is 24.0 Å². The van der Waals surface area contributed by atoms with Gasteiger partial charge in [0.15, 0.2) is 0 Å². The van der Waals surface area contributed by atoms with Crippen LogP contribution in [0.1, 0.15) is 74.6 Å². The van der Waals surface area contributed by atoms with Gasteiger partial charge in [-0.25, -0.2) is 0 Å². The van der Waals surface area contributed by atoms with E-state index >= 15 is 0 Å². The Balaban J connectivity index is 1.68. The number of carbonyl (C=O) groups is 2. The molecule has 3 aliphatic rings. The van der Waals surface area contributed by atoms with Crippen molar-refractivity contribution in [3.63, 3.8) is 0 Å². The van der Waals surface area contributed by atoms with Gasteiger partial charge in [-0.1, -0.05) is 56.7 Å². The van der Waals surface area contributed by atoms with Crippen LogP contribution in [0.5, 0.6) is 0 Å². The van der Waals surface area contributed by atoms with E-state index in [0.717, 1.165) is 44.9 Å². The van der Waals surface area contributed by atoms with Gasteiger partial charge in [0.2, 0.25) is 0 Å². The fourth-order valence-electron chi connectivity index (χ4n) is 4.91. The monoisotopic (exact) mass is 352 g/mol. The Hall–Kier alpha value is -2.10. The van der Waals surface area contributed by atoms with Crippen LogP contribution in [0.25, 0.3) is 0 Å². The fraction of sp³-hybridized carbons (Fsp3) is 0.545. The molecule has 1 aliphatic heterocycles. The maximum absolute atomic E-state index is 13.6. The minimum Gasteiger partial charge on any atom is -0.313 e. The molecule has 0 aromatic heterocycles. The molecule has 0 radical (unpaired) electrons. The molecule has 2 saturated carbocycles. The lowest BCUT2D eigenvalue weighted by Gasteiger charge is -2.50. The van der Waals surface area contributed by atoms with Crippen LogP contribution < -0.4 is 0 Å². The molecule has 0 saturated heterocycles. The predicted molar refractivity (Wildman–Crippen MR) is 101 cm³/mol. The number of hydrogen-bond acceptors (Lipinski definition) is 2. The van der Waals surface area contributed by atoms with Crippen LogP contribution in [0.3, 0.4) is 0 Å². The average molecular weight is 352 g/mol. The number of amides is 2. The van der Waals surface area contributed by atoms with Crippen molar-refractivity contribution in [1.82, 2.24) is 9.80 Å². The highest BCUT2D eigenvalue weighted by Crippen LogP contribution is 2.40. The first-order valence-electron chi connectivity index (χ1n) is 10.1. The van der Waals surface area contributed by atoms with E-state index in [9.17, 15) is 9.59 Å². The summed E-state index contributed by atoms with van der Waals surface area (Å²) in [6, 6.07) is 9.65. The molecule has 0 bridgehead atoms. The van der Waals surface area contributed by atoms with E-state index in [1.807, 2.05) is 47.6 Å².